The predicted molar refractivity (Wildman–Crippen MR) is 68.5 cm³/mol. The molecule has 1 rings (SSSR count). The van der Waals surface area contributed by atoms with E-state index >= 15 is 0 Å². The summed E-state index contributed by atoms with van der Waals surface area (Å²) in [5, 5.41) is 12.5. The molecular formula is C13H26N2O2. The van der Waals surface area contributed by atoms with Crippen molar-refractivity contribution in [3.8, 4) is 0 Å². The van der Waals surface area contributed by atoms with Crippen LogP contribution in [0.15, 0.2) is 0 Å². The minimum atomic E-state index is -0.231. The molecule has 0 aromatic rings. The molecule has 1 fully saturated rings. The third-order valence-electron chi connectivity index (χ3n) is 3.54. The average molecular weight is 242 g/mol. The van der Waals surface area contributed by atoms with Gasteiger partial charge in [0.25, 0.3) is 0 Å². The zero-order chi connectivity index (χ0) is 12.7. The van der Waals surface area contributed by atoms with Crippen LogP contribution in [0.5, 0.6) is 0 Å². The van der Waals surface area contributed by atoms with Crippen molar-refractivity contribution in [2.75, 3.05) is 6.54 Å². The first kappa shape index (κ1) is 14.5. The van der Waals surface area contributed by atoms with Crippen molar-refractivity contribution >= 4 is 5.91 Å². The van der Waals surface area contributed by atoms with E-state index in [2.05, 4.69) is 12.2 Å². The normalized spacial score (nSPS) is 26.5. The third-order valence-corrected chi connectivity index (χ3v) is 3.54. The van der Waals surface area contributed by atoms with Crippen LogP contribution >= 0.6 is 0 Å². The molecule has 0 saturated heterocycles. The van der Waals surface area contributed by atoms with Crippen LogP contribution in [-0.4, -0.2) is 29.7 Å². The molecule has 0 heterocycles. The van der Waals surface area contributed by atoms with E-state index in [0.29, 0.717) is 25.3 Å². The minimum absolute atomic E-state index is 0.118. The number of nitrogens with one attached hydrogen (secondary N) is 1. The summed E-state index contributed by atoms with van der Waals surface area (Å²) in [6.07, 6.45) is 5.83. The van der Waals surface area contributed by atoms with Crippen molar-refractivity contribution in [1.82, 2.24) is 5.32 Å². The molecule has 0 aromatic carbocycles. The Hall–Kier alpha value is -0.610. The molecule has 100 valence electrons. The minimum Gasteiger partial charge on any atom is -0.393 e. The van der Waals surface area contributed by atoms with E-state index in [0.717, 1.165) is 32.1 Å². The lowest BCUT2D eigenvalue weighted by molar-refractivity contribution is -0.122. The summed E-state index contributed by atoms with van der Waals surface area (Å²) in [6, 6.07) is 0.177. The van der Waals surface area contributed by atoms with Gasteiger partial charge in [0.2, 0.25) is 5.91 Å². The smallest absolute Gasteiger partial charge is 0.220 e. The quantitative estimate of drug-likeness (QED) is 0.654. The second-order valence-electron chi connectivity index (χ2n) is 5.31. The Morgan fingerprint density at radius 2 is 2.24 bits per heavy atom. The Morgan fingerprint density at radius 1 is 1.47 bits per heavy atom. The molecule has 1 amide bonds. The number of nitrogens with two attached hydrogens (primary N) is 1. The average Bonchev–Trinajstić information content (AvgIpc) is 2.27. The van der Waals surface area contributed by atoms with Gasteiger partial charge < -0.3 is 16.2 Å². The van der Waals surface area contributed by atoms with E-state index in [-0.39, 0.29) is 18.1 Å². The molecular weight excluding hydrogens is 216 g/mol. The second kappa shape index (κ2) is 7.67. The summed E-state index contributed by atoms with van der Waals surface area (Å²) in [6.45, 7) is 2.82. The zero-order valence-electron chi connectivity index (χ0n) is 10.8. The molecule has 3 unspecified atom stereocenters. The third kappa shape index (κ3) is 6.03. The molecule has 0 aromatic heterocycles. The maximum Gasteiger partial charge on any atom is 0.220 e. The lowest BCUT2D eigenvalue weighted by Crippen LogP contribution is -2.39. The van der Waals surface area contributed by atoms with Gasteiger partial charge in [-0.15, -0.1) is 0 Å². The van der Waals surface area contributed by atoms with Crippen molar-refractivity contribution in [1.29, 1.82) is 0 Å². The molecule has 1 saturated carbocycles. The van der Waals surface area contributed by atoms with Crippen molar-refractivity contribution < 1.29 is 9.90 Å². The van der Waals surface area contributed by atoms with Gasteiger partial charge in [-0.2, -0.15) is 0 Å². The van der Waals surface area contributed by atoms with Gasteiger partial charge in [0, 0.05) is 12.5 Å². The first-order valence-corrected chi connectivity index (χ1v) is 6.79. The largest absolute Gasteiger partial charge is 0.393 e. The Bertz CT molecular complexity index is 233. The Kier molecular flexibility index (Phi) is 6.52. The molecule has 3 atom stereocenters. The lowest BCUT2D eigenvalue weighted by atomic mass is 9.93. The number of hydrogen-bond acceptors (Lipinski definition) is 3. The van der Waals surface area contributed by atoms with Gasteiger partial charge >= 0.3 is 0 Å². The van der Waals surface area contributed by atoms with Crippen molar-refractivity contribution in [2.45, 2.75) is 64.0 Å². The first-order chi connectivity index (χ1) is 8.11. The fourth-order valence-corrected chi connectivity index (χ4v) is 2.40. The number of amides is 1. The summed E-state index contributed by atoms with van der Waals surface area (Å²) in [4.78, 5) is 11.7. The summed E-state index contributed by atoms with van der Waals surface area (Å²) < 4.78 is 0. The summed E-state index contributed by atoms with van der Waals surface area (Å²) in [5.41, 5.74) is 5.47. The second-order valence-corrected chi connectivity index (χ2v) is 5.31. The summed E-state index contributed by atoms with van der Waals surface area (Å²) in [7, 11) is 0. The van der Waals surface area contributed by atoms with Crippen molar-refractivity contribution in [3.63, 3.8) is 0 Å². The molecule has 0 aliphatic heterocycles. The van der Waals surface area contributed by atoms with Gasteiger partial charge in [0.1, 0.15) is 0 Å². The fourth-order valence-electron chi connectivity index (χ4n) is 2.40. The van der Waals surface area contributed by atoms with Crippen LogP contribution in [-0.2, 0) is 4.79 Å². The standard InChI is InChI=1S/C13H26N2O2/c1-10(7-8-14)5-6-13(17)15-11-3-2-4-12(16)9-11/h10-12,16H,2-9,14H2,1H3,(H,15,17). The number of carbonyl (C=O) groups is 1. The van der Waals surface area contributed by atoms with E-state index in [4.69, 9.17) is 5.73 Å². The van der Waals surface area contributed by atoms with E-state index in [1.165, 1.54) is 0 Å². The Morgan fingerprint density at radius 3 is 2.88 bits per heavy atom. The summed E-state index contributed by atoms with van der Waals surface area (Å²) in [5.74, 6) is 0.635. The number of carbonyl (C=O) groups excluding carboxylic acids is 1. The fraction of sp³-hybridized carbons (Fsp3) is 0.923. The molecule has 4 nitrogen and oxygen atoms in total. The van der Waals surface area contributed by atoms with Gasteiger partial charge in [0.15, 0.2) is 0 Å². The molecule has 4 heteroatoms. The van der Waals surface area contributed by atoms with Gasteiger partial charge in [-0.1, -0.05) is 6.92 Å². The van der Waals surface area contributed by atoms with E-state index in [1.54, 1.807) is 0 Å². The van der Waals surface area contributed by atoms with E-state index in [9.17, 15) is 9.90 Å². The highest BCUT2D eigenvalue weighted by molar-refractivity contribution is 5.76. The van der Waals surface area contributed by atoms with E-state index < -0.39 is 0 Å². The SMILES string of the molecule is CC(CCN)CCC(=O)NC1CCCC(O)C1. The molecule has 4 N–H and O–H groups in total. The van der Waals surface area contributed by atoms with Gasteiger partial charge in [-0.05, 0) is 51.0 Å². The van der Waals surface area contributed by atoms with Crippen LogP contribution in [0.1, 0.15) is 51.9 Å². The predicted octanol–water partition coefficient (Wildman–Crippen LogP) is 1.17. The van der Waals surface area contributed by atoms with Crippen molar-refractivity contribution in [3.05, 3.63) is 0 Å². The number of aliphatic hydroxyl groups excluding tert-OH is 1. The highest BCUT2D eigenvalue weighted by Crippen LogP contribution is 2.18. The highest BCUT2D eigenvalue weighted by atomic mass is 16.3. The number of rotatable bonds is 6. The van der Waals surface area contributed by atoms with Crippen molar-refractivity contribution in [2.24, 2.45) is 11.7 Å². The van der Waals surface area contributed by atoms with Crippen LogP contribution in [0.3, 0.4) is 0 Å². The van der Waals surface area contributed by atoms with Crippen LogP contribution in [0.25, 0.3) is 0 Å². The van der Waals surface area contributed by atoms with Crippen LogP contribution < -0.4 is 11.1 Å². The monoisotopic (exact) mass is 242 g/mol. The van der Waals surface area contributed by atoms with Gasteiger partial charge in [-0.25, -0.2) is 0 Å². The van der Waals surface area contributed by atoms with Crippen LogP contribution in [0, 0.1) is 5.92 Å². The van der Waals surface area contributed by atoms with Crippen LogP contribution in [0.4, 0.5) is 0 Å². The van der Waals surface area contributed by atoms with Gasteiger partial charge in [-0.3, -0.25) is 4.79 Å². The first-order valence-electron chi connectivity index (χ1n) is 6.79. The maximum absolute atomic E-state index is 11.7. The molecule has 1 aliphatic carbocycles. The lowest BCUT2D eigenvalue weighted by Gasteiger charge is -2.26. The zero-order valence-corrected chi connectivity index (χ0v) is 10.8. The molecule has 0 radical (unpaired) electrons. The number of aliphatic hydroxyl groups is 1. The van der Waals surface area contributed by atoms with E-state index in [1.807, 2.05) is 0 Å². The molecule has 0 spiro atoms. The van der Waals surface area contributed by atoms with Crippen LogP contribution in [0.2, 0.25) is 0 Å². The molecule has 1 aliphatic rings. The summed E-state index contributed by atoms with van der Waals surface area (Å²) >= 11 is 0. The topological polar surface area (TPSA) is 75.4 Å². The number of hydrogen-bond donors (Lipinski definition) is 3. The van der Waals surface area contributed by atoms with Gasteiger partial charge in [0.05, 0.1) is 6.10 Å². The maximum atomic E-state index is 11.7. The highest BCUT2D eigenvalue weighted by Gasteiger charge is 2.21. The Labute approximate surface area is 104 Å². The Balaban J connectivity index is 2.15. The molecule has 17 heavy (non-hydrogen) atoms. The molecule has 0 bridgehead atoms.